The molecule has 0 atom stereocenters. The third-order valence-electron chi connectivity index (χ3n) is 5.69. The molecule has 0 radical (unpaired) electrons. The number of benzene rings is 3. The van der Waals surface area contributed by atoms with Crippen molar-refractivity contribution in [1.29, 1.82) is 0 Å². The third-order valence-corrected chi connectivity index (χ3v) is 7.56. The van der Waals surface area contributed by atoms with E-state index in [0.717, 1.165) is 45.4 Å². The van der Waals surface area contributed by atoms with Crippen molar-refractivity contribution in [2.45, 2.75) is 19.9 Å². The van der Waals surface area contributed by atoms with Gasteiger partial charge in [0.05, 0.1) is 30.1 Å². The summed E-state index contributed by atoms with van der Waals surface area (Å²) < 4.78 is 12.0. The van der Waals surface area contributed by atoms with Gasteiger partial charge in [0.15, 0.2) is 16.6 Å². The molecule has 34 heavy (non-hydrogen) atoms. The molecule has 0 fully saturated rings. The lowest BCUT2D eigenvalue weighted by Gasteiger charge is -2.08. The van der Waals surface area contributed by atoms with Gasteiger partial charge < -0.3 is 14.8 Å². The van der Waals surface area contributed by atoms with Crippen LogP contribution < -0.4 is 14.8 Å². The fourth-order valence-electron chi connectivity index (χ4n) is 3.74. The number of hydrogen-bond donors (Lipinski definition) is 1. The Morgan fingerprint density at radius 1 is 0.824 bits per heavy atom. The zero-order valence-electron chi connectivity index (χ0n) is 19.3. The van der Waals surface area contributed by atoms with Crippen LogP contribution in [0.1, 0.15) is 18.1 Å². The van der Waals surface area contributed by atoms with Crippen molar-refractivity contribution in [3.63, 3.8) is 0 Å². The number of rotatable bonds is 8. The van der Waals surface area contributed by atoms with Crippen molar-refractivity contribution in [1.82, 2.24) is 9.97 Å². The lowest BCUT2D eigenvalue weighted by Crippen LogP contribution is -1.98. The highest BCUT2D eigenvalue weighted by molar-refractivity contribution is 7.22. The molecule has 0 bridgehead atoms. The van der Waals surface area contributed by atoms with Gasteiger partial charge in [-0.25, -0.2) is 9.97 Å². The fourth-order valence-corrected chi connectivity index (χ4v) is 5.50. The number of hydrogen-bond acceptors (Lipinski definition) is 7. The van der Waals surface area contributed by atoms with Crippen LogP contribution in [0.15, 0.2) is 66.0 Å². The van der Waals surface area contributed by atoms with Crippen LogP contribution >= 0.6 is 22.7 Å². The Morgan fingerprint density at radius 3 is 2.35 bits per heavy atom. The molecule has 172 valence electrons. The van der Waals surface area contributed by atoms with Crippen LogP contribution in [0.25, 0.3) is 32.0 Å². The summed E-state index contributed by atoms with van der Waals surface area (Å²) in [5.74, 6) is 1.41. The van der Waals surface area contributed by atoms with Crippen LogP contribution in [-0.4, -0.2) is 24.2 Å². The van der Waals surface area contributed by atoms with Gasteiger partial charge in [0, 0.05) is 23.1 Å². The average Bonchev–Trinajstić information content (AvgIpc) is 3.54. The minimum atomic E-state index is 0.699. The standard InChI is InChI=1S/C27H25N3O2S2/c1-4-17-7-11-21-25(13-17)34-27(30-21)28-15-18-5-8-19(9-6-18)26-29-22(16-33-26)20-10-12-23(31-2)24(14-20)32-3/h5-14,16H,4,15H2,1-3H3,(H,28,30). The van der Waals surface area contributed by atoms with Crippen molar-refractivity contribution in [2.75, 3.05) is 19.5 Å². The number of aromatic nitrogens is 2. The Labute approximate surface area is 207 Å². The van der Waals surface area contributed by atoms with Gasteiger partial charge in [-0.3, -0.25) is 0 Å². The van der Waals surface area contributed by atoms with Gasteiger partial charge in [0.25, 0.3) is 0 Å². The lowest BCUT2D eigenvalue weighted by molar-refractivity contribution is 0.355. The largest absolute Gasteiger partial charge is 0.493 e. The van der Waals surface area contributed by atoms with E-state index in [1.54, 1.807) is 36.9 Å². The number of thiazole rings is 2. The first-order valence-electron chi connectivity index (χ1n) is 11.1. The van der Waals surface area contributed by atoms with E-state index in [1.165, 1.54) is 15.8 Å². The van der Waals surface area contributed by atoms with E-state index >= 15 is 0 Å². The van der Waals surface area contributed by atoms with E-state index < -0.39 is 0 Å². The normalized spacial score (nSPS) is 11.0. The fraction of sp³-hybridized carbons (Fsp3) is 0.185. The van der Waals surface area contributed by atoms with Gasteiger partial charge in [0.1, 0.15) is 5.01 Å². The molecule has 7 heteroatoms. The molecule has 2 aromatic heterocycles. The predicted molar refractivity (Wildman–Crippen MR) is 142 cm³/mol. The second-order valence-electron chi connectivity index (χ2n) is 7.83. The molecule has 5 aromatic rings. The molecule has 1 N–H and O–H groups in total. The Bertz CT molecular complexity index is 1420. The summed E-state index contributed by atoms with van der Waals surface area (Å²) in [6, 6.07) is 20.9. The van der Waals surface area contributed by atoms with E-state index in [9.17, 15) is 0 Å². The number of aryl methyl sites for hydroxylation is 1. The molecule has 0 saturated carbocycles. The molecule has 0 spiro atoms. The summed E-state index contributed by atoms with van der Waals surface area (Å²) >= 11 is 3.34. The highest BCUT2D eigenvalue weighted by Gasteiger charge is 2.11. The summed E-state index contributed by atoms with van der Waals surface area (Å²) in [6.07, 6.45) is 1.04. The van der Waals surface area contributed by atoms with Crippen molar-refractivity contribution in [3.8, 4) is 33.3 Å². The number of ether oxygens (including phenoxy) is 2. The van der Waals surface area contributed by atoms with Crippen LogP contribution in [0.5, 0.6) is 11.5 Å². The van der Waals surface area contributed by atoms with Gasteiger partial charge >= 0.3 is 0 Å². The Morgan fingerprint density at radius 2 is 1.59 bits per heavy atom. The second-order valence-corrected chi connectivity index (χ2v) is 9.72. The maximum absolute atomic E-state index is 5.43. The van der Waals surface area contributed by atoms with Crippen molar-refractivity contribution in [3.05, 3.63) is 77.2 Å². The van der Waals surface area contributed by atoms with Gasteiger partial charge in [-0.1, -0.05) is 48.6 Å². The Balaban J connectivity index is 1.27. The molecule has 0 amide bonds. The van der Waals surface area contributed by atoms with Gasteiger partial charge in [-0.15, -0.1) is 11.3 Å². The molecule has 2 heterocycles. The summed E-state index contributed by atoms with van der Waals surface area (Å²) in [5, 5.41) is 7.48. The zero-order chi connectivity index (χ0) is 23.5. The Hall–Kier alpha value is -3.42. The van der Waals surface area contributed by atoms with E-state index in [2.05, 4.69) is 60.1 Å². The highest BCUT2D eigenvalue weighted by atomic mass is 32.1. The lowest BCUT2D eigenvalue weighted by atomic mass is 10.1. The quantitative estimate of drug-likeness (QED) is 0.249. The van der Waals surface area contributed by atoms with Crippen LogP contribution in [-0.2, 0) is 13.0 Å². The number of nitrogens with zero attached hydrogens (tertiary/aromatic N) is 2. The third kappa shape index (κ3) is 4.62. The van der Waals surface area contributed by atoms with E-state index in [1.807, 2.05) is 18.2 Å². The van der Waals surface area contributed by atoms with E-state index in [0.29, 0.717) is 11.5 Å². The van der Waals surface area contributed by atoms with E-state index in [-0.39, 0.29) is 0 Å². The van der Waals surface area contributed by atoms with Crippen LogP contribution in [0.2, 0.25) is 0 Å². The summed E-state index contributed by atoms with van der Waals surface area (Å²) in [6.45, 7) is 2.91. The molecule has 0 aliphatic heterocycles. The first-order valence-corrected chi connectivity index (χ1v) is 12.8. The smallest absolute Gasteiger partial charge is 0.184 e. The molecule has 0 saturated heterocycles. The van der Waals surface area contributed by atoms with Crippen molar-refractivity contribution in [2.24, 2.45) is 0 Å². The van der Waals surface area contributed by atoms with Crippen LogP contribution in [0, 0.1) is 0 Å². The topological polar surface area (TPSA) is 56.3 Å². The first-order chi connectivity index (χ1) is 16.7. The van der Waals surface area contributed by atoms with Gasteiger partial charge in [0.2, 0.25) is 0 Å². The molecular formula is C27H25N3O2S2. The average molecular weight is 488 g/mol. The van der Waals surface area contributed by atoms with Crippen LogP contribution in [0.4, 0.5) is 5.13 Å². The molecule has 0 unspecified atom stereocenters. The monoisotopic (exact) mass is 487 g/mol. The minimum Gasteiger partial charge on any atom is -0.493 e. The molecule has 0 aliphatic rings. The molecule has 5 rings (SSSR count). The minimum absolute atomic E-state index is 0.699. The summed E-state index contributed by atoms with van der Waals surface area (Å²) in [7, 11) is 3.28. The van der Waals surface area contributed by atoms with Crippen molar-refractivity contribution < 1.29 is 9.47 Å². The first kappa shape index (κ1) is 22.4. The highest BCUT2D eigenvalue weighted by Crippen LogP contribution is 2.35. The van der Waals surface area contributed by atoms with E-state index in [4.69, 9.17) is 19.4 Å². The van der Waals surface area contributed by atoms with Gasteiger partial charge in [-0.2, -0.15) is 0 Å². The summed E-state index contributed by atoms with van der Waals surface area (Å²) in [5.41, 5.74) is 6.63. The second kappa shape index (κ2) is 9.83. The maximum atomic E-state index is 5.43. The maximum Gasteiger partial charge on any atom is 0.184 e. The van der Waals surface area contributed by atoms with Crippen molar-refractivity contribution >= 4 is 38.0 Å². The number of anilines is 1. The predicted octanol–water partition coefficient (Wildman–Crippen LogP) is 7.28. The molecule has 3 aromatic carbocycles. The SMILES string of the molecule is CCc1ccc2nc(NCc3ccc(-c4nc(-c5ccc(OC)c(OC)c5)cs4)cc3)sc2c1. The summed E-state index contributed by atoms with van der Waals surface area (Å²) in [4.78, 5) is 9.55. The number of nitrogens with one attached hydrogen (secondary N) is 1. The number of methoxy groups -OCH3 is 2. The Kier molecular flexibility index (Phi) is 6.47. The zero-order valence-corrected chi connectivity index (χ0v) is 20.9. The van der Waals surface area contributed by atoms with Gasteiger partial charge in [-0.05, 0) is 47.9 Å². The molecule has 5 nitrogen and oxygen atoms in total. The number of fused-ring (bicyclic) bond motifs is 1. The molecule has 0 aliphatic carbocycles. The molecular weight excluding hydrogens is 462 g/mol. The van der Waals surface area contributed by atoms with Crippen LogP contribution in [0.3, 0.4) is 0 Å².